The van der Waals surface area contributed by atoms with Crippen LogP contribution >= 0.6 is 11.3 Å². The highest BCUT2D eigenvalue weighted by molar-refractivity contribution is 7.13. The van der Waals surface area contributed by atoms with E-state index in [1.165, 1.54) is 17.4 Å². The molecule has 32 heavy (non-hydrogen) atoms. The molecule has 0 aliphatic rings. The second-order valence-electron chi connectivity index (χ2n) is 7.67. The molecule has 4 rings (SSSR count). The minimum absolute atomic E-state index is 0.193. The summed E-state index contributed by atoms with van der Waals surface area (Å²) in [5, 5.41) is 6.88. The van der Waals surface area contributed by atoms with Gasteiger partial charge in [-0.3, -0.25) is 4.79 Å². The first-order valence-corrected chi connectivity index (χ1v) is 11.1. The molecular formula is C24H24FN5OS. The standard InChI is InChI=1S/C24H24FN5OS/c1-28(2)12-13-29(15-18-8-6-7-11-21(18)25)24(31)22-17-32-23(27-22)19-14-26-30(16-19)20-9-4-3-5-10-20/h3-11,14,16-17H,12-13,15H2,1-2H3. The quantitative estimate of drug-likeness (QED) is 0.402. The van der Waals surface area contributed by atoms with Gasteiger partial charge >= 0.3 is 0 Å². The molecule has 0 aliphatic heterocycles. The number of nitrogens with zero attached hydrogens (tertiary/aromatic N) is 5. The van der Waals surface area contributed by atoms with Gasteiger partial charge in [0, 0.05) is 42.3 Å². The van der Waals surface area contributed by atoms with E-state index in [0.29, 0.717) is 29.4 Å². The Morgan fingerprint density at radius 1 is 1.06 bits per heavy atom. The smallest absolute Gasteiger partial charge is 0.273 e. The van der Waals surface area contributed by atoms with Gasteiger partial charge in [-0.05, 0) is 32.3 Å². The fourth-order valence-corrected chi connectivity index (χ4v) is 4.00. The number of aromatic nitrogens is 3. The van der Waals surface area contributed by atoms with Crippen molar-refractivity contribution in [1.29, 1.82) is 0 Å². The third kappa shape index (κ3) is 5.09. The number of hydrogen-bond donors (Lipinski definition) is 0. The summed E-state index contributed by atoms with van der Waals surface area (Å²) in [4.78, 5) is 21.5. The summed E-state index contributed by atoms with van der Waals surface area (Å²) in [5.41, 5.74) is 2.63. The number of para-hydroxylation sites is 1. The first-order chi connectivity index (χ1) is 15.5. The predicted molar refractivity (Wildman–Crippen MR) is 124 cm³/mol. The molecular weight excluding hydrogens is 425 g/mol. The van der Waals surface area contributed by atoms with Crippen molar-refractivity contribution in [2.24, 2.45) is 0 Å². The summed E-state index contributed by atoms with van der Waals surface area (Å²) in [5.74, 6) is -0.532. The van der Waals surface area contributed by atoms with Gasteiger partial charge < -0.3 is 9.80 Å². The molecule has 0 aliphatic carbocycles. The Morgan fingerprint density at radius 3 is 2.56 bits per heavy atom. The lowest BCUT2D eigenvalue weighted by molar-refractivity contribution is 0.0725. The average molecular weight is 450 g/mol. The van der Waals surface area contributed by atoms with Gasteiger partial charge in [0.1, 0.15) is 16.5 Å². The van der Waals surface area contributed by atoms with Gasteiger partial charge in [-0.15, -0.1) is 11.3 Å². The van der Waals surface area contributed by atoms with Crippen molar-refractivity contribution in [2.75, 3.05) is 27.2 Å². The second kappa shape index (κ2) is 9.84. The number of carbonyl (C=O) groups is 1. The van der Waals surface area contributed by atoms with E-state index < -0.39 is 0 Å². The summed E-state index contributed by atoms with van der Waals surface area (Å²) in [6.07, 6.45) is 3.63. The molecule has 164 valence electrons. The van der Waals surface area contributed by atoms with Crippen LogP contribution in [-0.2, 0) is 6.54 Å². The van der Waals surface area contributed by atoms with Crippen molar-refractivity contribution in [2.45, 2.75) is 6.54 Å². The molecule has 4 aromatic rings. The van der Waals surface area contributed by atoms with E-state index in [-0.39, 0.29) is 18.3 Å². The minimum Gasteiger partial charge on any atom is -0.332 e. The van der Waals surface area contributed by atoms with E-state index >= 15 is 0 Å². The van der Waals surface area contributed by atoms with Gasteiger partial charge in [0.25, 0.3) is 5.91 Å². The monoisotopic (exact) mass is 449 g/mol. The molecule has 2 heterocycles. The summed E-state index contributed by atoms with van der Waals surface area (Å²) in [6, 6.07) is 16.3. The molecule has 6 nitrogen and oxygen atoms in total. The van der Waals surface area contributed by atoms with E-state index in [9.17, 15) is 9.18 Å². The summed E-state index contributed by atoms with van der Waals surface area (Å²) in [6.45, 7) is 1.33. The number of carbonyl (C=O) groups excluding carboxylic acids is 1. The Kier molecular flexibility index (Phi) is 6.72. The first-order valence-electron chi connectivity index (χ1n) is 10.2. The molecule has 8 heteroatoms. The molecule has 0 radical (unpaired) electrons. The molecule has 0 fully saturated rings. The lowest BCUT2D eigenvalue weighted by atomic mass is 10.2. The van der Waals surface area contributed by atoms with Crippen LogP contribution in [0.5, 0.6) is 0 Å². The maximum absolute atomic E-state index is 14.2. The Bertz CT molecular complexity index is 1190. The second-order valence-corrected chi connectivity index (χ2v) is 8.53. The van der Waals surface area contributed by atoms with E-state index in [4.69, 9.17) is 0 Å². The fourth-order valence-electron chi connectivity index (χ4n) is 3.23. The van der Waals surface area contributed by atoms with Crippen LogP contribution in [0.25, 0.3) is 16.3 Å². The molecule has 2 aromatic heterocycles. The number of hydrogen-bond acceptors (Lipinski definition) is 5. The largest absolute Gasteiger partial charge is 0.332 e. The van der Waals surface area contributed by atoms with Gasteiger partial charge in [0.2, 0.25) is 0 Å². The van der Waals surface area contributed by atoms with Gasteiger partial charge in [0.15, 0.2) is 0 Å². The SMILES string of the molecule is CN(C)CCN(Cc1ccccc1F)C(=O)c1csc(-c2cnn(-c3ccccc3)c2)n1. The molecule has 2 aromatic carbocycles. The van der Waals surface area contributed by atoms with E-state index in [1.54, 1.807) is 39.4 Å². The third-order valence-corrected chi connectivity index (χ3v) is 5.89. The van der Waals surface area contributed by atoms with Crippen LogP contribution in [0, 0.1) is 5.82 Å². The minimum atomic E-state index is -0.317. The normalized spacial score (nSPS) is 11.1. The van der Waals surface area contributed by atoms with Gasteiger partial charge in [0.05, 0.1) is 11.9 Å². The first kappa shape index (κ1) is 21.9. The Morgan fingerprint density at radius 2 is 1.81 bits per heavy atom. The van der Waals surface area contributed by atoms with Gasteiger partial charge in [-0.1, -0.05) is 36.4 Å². The van der Waals surface area contributed by atoms with Crippen molar-refractivity contribution in [3.63, 3.8) is 0 Å². The van der Waals surface area contributed by atoms with E-state index in [0.717, 1.165) is 11.3 Å². The molecule has 0 bridgehead atoms. The van der Waals surface area contributed by atoms with Crippen LogP contribution < -0.4 is 0 Å². The number of halogens is 1. The van der Waals surface area contributed by atoms with Crippen LogP contribution in [0.1, 0.15) is 16.1 Å². The maximum atomic E-state index is 14.2. The molecule has 0 spiro atoms. The topological polar surface area (TPSA) is 54.3 Å². The predicted octanol–water partition coefficient (Wildman–Crippen LogP) is 4.34. The van der Waals surface area contributed by atoms with Crippen molar-refractivity contribution in [3.05, 3.63) is 89.4 Å². The van der Waals surface area contributed by atoms with Crippen molar-refractivity contribution in [3.8, 4) is 16.3 Å². The Labute approximate surface area is 190 Å². The molecule has 0 unspecified atom stereocenters. The van der Waals surface area contributed by atoms with E-state index in [2.05, 4.69) is 10.1 Å². The summed E-state index contributed by atoms with van der Waals surface area (Å²) >= 11 is 1.39. The van der Waals surface area contributed by atoms with Crippen LogP contribution in [0.2, 0.25) is 0 Å². The lowest BCUT2D eigenvalue weighted by Gasteiger charge is -2.24. The van der Waals surface area contributed by atoms with Crippen LogP contribution in [0.3, 0.4) is 0 Å². The summed E-state index contributed by atoms with van der Waals surface area (Å²) < 4.78 is 16.0. The summed E-state index contributed by atoms with van der Waals surface area (Å²) in [7, 11) is 3.88. The van der Waals surface area contributed by atoms with E-state index in [1.807, 2.05) is 55.5 Å². The van der Waals surface area contributed by atoms with Gasteiger partial charge in [-0.25, -0.2) is 14.1 Å². The highest BCUT2D eigenvalue weighted by atomic mass is 32.1. The Balaban J connectivity index is 1.54. The molecule has 0 saturated heterocycles. The molecule has 0 atom stereocenters. The van der Waals surface area contributed by atoms with Crippen molar-refractivity contribution in [1.82, 2.24) is 24.6 Å². The molecule has 0 saturated carbocycles. The lowest BCUT2D eigenvalue weighted by Crippen LogP contribution is -2.36. The van der Waals surface area contributed by atoms with Crippen molar-refractivity contribution >= 4 is 17.2 Å². The number of amides is 1. The van der Waals surface area contributed by atoms with Crippen LogP contribution in [0.15, 0.2) is 72.4 Å². The molecule has 1 amide bonds. The third-order valence-electron chi connectivity index (χ3n) is 5.00. The van der Waals surface area contributed by atoms with Gasteiger partial charge in [-0.2, -0.15) is 5.10 Å². The van der Waals surface area contributed by atoms with Crippen LogP contribution in [-0.4, -0.2) is 57.7 Å². The highest BCUT2D eigenvalue weighted by Gasteiger charge is 2.21. The maximum Gasteiger partial charge on any atom is 0.273 e. The Hall–Kier alpha value is -3.36. The zero-order valence-corrected chi connectivity index (χ0v) is 18.8. The highest BCUT2D eigenvalue weighted by Crippen LogP contribution is 2.25. The zero-order valence-electron chi connectivity index (χ0n) is 18.0. The number of likely N-dealkylation sites (N-methyl/N-ethyl adjacent to an activating group) is 1. The van der Waals surface area contributed by atoms with Crippen molar-refractivity contribution < 1.29 is 9.18 Å². The average Bonchev–Trinajstić information content (AvgIpc) is 3.48. The fraction of sp³-hybridized carbons (Fsp3) is 0.208. The van der Waals surface area contributed by atoms with Crippen LogP contribution in [0.4, 0.5) is 4.39 Å². The molecule has 0 N–H and O–H groups in total. The number of rotatable bonds is 8. The zero-order chi connectivity index (χ0) is 22.5. The number of thiazole rings is 1. The number of benzene rings is 2.